The Morgan fingerprint density at radius 1 is 1.27 bits per heavy atom. The van der Waals surface area contributed by atoms with Gasteiger partial charge in [-0.1, -0.05) is 12.1 Å². The SMILES string of the molecule is Cc1ccc(-c2cncc(F)c2)cc1NC(=O)N1CC(=O)N(C)CC1C. The van der Waals surface area contributed by atoms with E-state index in [1.54, 1.807) is 24.2 Å². The highest BCUT2D eigenvalue weighted by atomic mass is 19.1. The third kappa shape index (κ3) is 3.66. The number of pyridine rings is 1. The monoisotopic (exact) mass is 356 g/mol. The third-order valence-electron chi connectivity index (χ3n) is 4.58. The van der Waals surface area contributed by atoms with Gasteiger partial charge in [0.25, 0.3) is 0 Å². The minimum Gasteiger partial charge on any atom is -0.342 e. The Morgan fingerprint density at radius 3 is 2.77 bits per heavy atom. The molecule has 0 spiro atoms. The smallest absolute Gasteiger partial charge is 0.322 e. The van der Waals surface area contributed by atoms with Crippen LogP contribution in [0.15, 0.2) is 36.7 Å². The van der Waals surface area contributed by atoms with Crippen molar-refractivity contribution < 1.29 is 14.0 Å². The van der Waals surface area contributed by atoms with Gasteiger partial charge in [-0.05, 0) is 37.1 Å². The van der Waals surface area contributed by atoms with Crippen molar-refractivity contribution >= 4 is 17.6 Å². The second-order valence-corrected chi connectivity index (χ2v) is 6.60. The number of amides is 3. The molecule has 2 heterocycles. The number of nitrogens with zero attached hydrogens (tertiary/aromatic N) is 3. The van der Waals surface area contributed by atoms with E-state index in [2.05, 4.69) is 10.3 Å². The van der Waals surface area contributed by atoms with Gasteiger partial charge in [0, 0.05) is 37.1 Å². The van der Waals surface area contributed by atoms with Crippen molar-refractivity contribution in [3.8, 4) is 11.1 Å². The summed E-state index contributed by atoms with van der Waals surface area (Å²) in [6.45, 7) is 4.34. The van der Waals surface area contributed by atoms with Crippen LogP contribution in [0.1, 0.15) is 12.5 Å². The topological polar surface area (TPSA) is 65.5 Å². The van der Waals surface area contributed by atoms with Gasteiger partial charge in [0.2, 0.25) is 5.91 Å². The summed E-state index contributed by atoms with van der Waals surface area (Å²) in [5.74, 6) is -0.506. The van der Waals surface area contributed by atoms with Crippen LogP contribution in [0.4, 0.5) is 14.9 Å². The lowest BCUT2D eigenvalue weighted by molar-refractivity contribution is -0.134. The van der Waals surface area contributed by atoms with Crippen LogP contribution >= 0.6 is 0 Å². The van der Waals surface area contributed by atoms with E-state index in [-0.39, 0.29) is 24.5 Å². The minimum absolute atomic E-state index is 0.0516. The number of likely N-dealkylation sites (N-methyl/N-ethyl adjacent to an activating group) is 1. The first-order chi connectivity index (χ1) is 12.3. The molecular weight excluding hydrogens is 335 g/mol. The number of carbonyl (C=O) groups is 2. The minimum atomic E-state index is -0.418. The maximum Gasteiger partial charge on any atom is 0.322 e. The third-order valence-corrected chi connectivity index (χ3v) is 4.58. The summed E-state index contributed by atoms with van der Waals surface area (Å²) in [6, 6.07) is 6.49. The van der Waals surface area contributed by atoms with E-state index in [1.165, 1.54) is 11.0 Å². The molecule has 1 atom stereocenters. The van der Waals surface area contributed by atoms with Crippen molar-refractivity contribution in [2.75, 3.05) is 25.5 Å². The summed E-state index contributed by atoms with van der Waals surface area (Å²) in [6.07, 6.45) is 2.71. The number of hydrogen-bond acceptors (Lipinski definition) is 3. The van der Waals surface area contributed by atoms with Crippen LogP contribution in [-0.4, -0.2) is 52.9 Å². The Balaban J connectivity index is 1.82. The fourth-order valence-electron chi connectivity index (χ4n) is 2.98. The van der Waals surface area contributed by atoms with Crippen LogP contribution in [0.25, 0.3) is 11.1 Å². The lowest BCUT2D eigenvalue weighted by Crippen LogP contribution is -2.56. The molecule has 0 bridgehead atoms. The summed E-state index contributed by atoms with van der Waals surface area (Å²) in [5, 5.41) is 2.87. The number of anilines is 1. The molecule has 1 aromatic carbocycles. The Kier molecular flexibility index (Phi) is 4.88. The van der Waals surface area contributed by atoms with E-state index < -0.39 is 5.82 Å². The van der Waals surface area contributed by atoms with Gasteiger partial charge in [-0.15, -0.1) is 0 Å². The van der Waals surface area contributed by atoms with Gasteiger partial charge in [0.05, 0.1) is 6.20 Å². The number of rotatable bonds is 2. The number of urea groups is 1. The predicted molar refractivity (Wildman–Crippen MR) is 97.2 cm³/mol. The van der Waals surface area contributed by atoms with Crippen molar-refractivity contribution in [1.82, 2.24) is 14.8 Å². The number of hydrogen-bond donors (Lipinski definition) is 1. The fourth-order valence-corrected chi connectivity index (χ4v) is 2.98. The van der Waals surface area contributed by atoms with Crippen LogP contribution in [0, 0.1) is 12.7 Å². The molecule has 6 nitrogen and oxygen atoms in total. The lowest BCUT2D eigenvalue weighted by atomic mass is 10.0. The van der Waals surface area contributed by atoms with Crippen molar-refractivity contribution in [1.29, 1.82) is 0 Å². The van der Waals surface area contributed by atoms with Crippen molar-refractivity contribution in [2.45, 2.75) is 19.9 Å². The van der Waals surface area contributed by atoms with Crippen LogP contribution in [0.3, 0.4) is 0 Å². The number of halogens is 1. The van der Waals surface area contributed by atoms with Gasteiger partial charge in [-0.2, -0.15) is 0 Å². The molecule has 26 heavy (non-hydrogen) atoms. The number of piperazine rings is 1. The number of carbonyl (C=O) groups excluding carboxylic acids is 2. The predicted octanol–water partition coefficient (Wildman–Crippen LogP) is 2.89. The first-order valence-electron chi connectivity index (χ1n) is 8.38. The summed E-state index contributed by atoms with van der Waals surface area (Å²) in [7, 11) is 1.73. The lowest BCUT2D eigenvalue weighted by Gasteiger charge is -2.37. The zero-order chi connectivity index (χ0) is 18.8. The van der Waals surface area contributed by atoms with E-state index in [1.807, 2.05) is 26.0 Å². The second-order valence-electron chi connectivity index (χ2n) is 6.60. The molecular formula is C19H21FN4O2. The summed E-state index contributed by atoms with van der Waals surface area (Å²) in [5.41, 5.74) is 2.87. The molecule has 1 aliphatic rings. The summed E-state index contributed by atoms with van der Waals surface area (Å²) < 4.78 is 13.4. The highest BCUT2D eigenvalue weighted by molar-refractivity contribution is 5.94. The molecule has 0 saturated carbocycles. The number of benzene rings is 1. The van der Waals surface area contributed by atoms with Gasteiger partial charge in [0.1, 0.15) is 12.4 Å². The second kappa shape index (κ2) is 7.11. The molecule has 0 aliphatic carbocycles. The maximum atomic E-state index is 13.4. The Morgan fingerprint density at radius 2 is 2.04 bits per heavy atom. The Bertz CT molecular complexity index is 855. The highest BCUT2D eigenvalue weighted by Crippen LogP contribution is 2.26. The van der Waals surface area contributed by atoms with Crippen LogP contribution in [0.2, 0.25) is 0 Å². The molecule has 1 N–H and O–H groups in total. The molecule has 1 saturated heterocycles. The average molecular weight is 356 g/mol. The summed E-state index contributed by atoms with van der Waals surface area (Å²) >= 11 is 0. The quantitative estimate of drug-likeness (QED) is 0.900. The summed E-state index contributed by atoms with van der Waals surface area (Å²) in [4.78, 5) is 31.6. The molecule has 3 amide bonds. The zero-order valence-electron chi connectivity index (χ0n) is 15.0. The van der Waals surface area contributed by atoms with Gasteiger partial charge in [-0.25, -0.2) is 9.18 Å². The molecule has 1 unspecified atom stereocenters. The van der Waals surface area contributed by atoms with E-state index in [9.17, 15) is 14.0 Å². The van der Waals surface area contributed by atoms with Gasteiger partial charge < -0.3 is 15.1 Å². The van der Waals surface area contributed by atoms with Crippen LogP contribution in [-0.2, 0) is 4.79 Å². The van der Waals surface area contributed by atoms with E-state index in [0.29, 0.717) is 17.8 Å². The Hall–Kier alpha value is -2.96. The largest absolute Gasteiger partial charge is 0.342 e. The van der Waals surface area contributed by atoms with Crippen molar-refractivity contribution in [2.24, 2.45) is 0 Å². The van der Waals surface area contributed by atoms with Gasteiger partial charge in [-0.3, -0.25) is 9.78 Å². The van der Waals surface area contributed by atoms with E-state index >= 15 is 0 Å². The van der Waals surface area contributed by atoms with Crippen molar-refractivity contribution in [3.63, 3.8) is 0 Å². The molecule has 1 aromatic heterocycles. The molecule has 0 radical (unpaired) electrons. The number of aromatic nitrogens is 1. The fraction of sp³-hybridized carbons (Fsp3) is 0.316. The number of aryl methyl sites for hydroxylation is 1. The van der Waals surface area contributed by atoms with Crippen molar-refractivity contribution in [3.05, 3.63) is 48.0 Å². The normalized spacial score (nSPS) is 17.4. The van der Waals surface area contributed by atoms with Gasteiger partial charge in [0.15, 0.2) is 0 Å². The number of nitrogens with one attached hydrogen (secondary N) is 1. The first kappa shape index (κ1) is 17.8. The maximum absolute atomic E-state index is 13.4. The van der Waals surface area contributed by atoms with E-state index in [4.69, 9.17) is 0 Å². The zero-order valence-corrected chi connectivity index (χ0v) is 15.0. The molecule has 3 rings (SSSR count). The molecule has 2 aromatic rings. The van der Waals surface area contributed by atoms with E-state index in [0.717, 1.165) is 17.3 Å². The molecule has 7 heteroatoms. The standard InChI is InChI=1S/C19H21FN4O2/c1-12-4-5-14(15-6-16(20)9-21-8-15)7-17(12)22-19(26)24-11-18(25)23(3)10-13(24)2/h4-9,13H,10-11H2,1-3H3,(H,22,26). The molecule has 136 valence electrons. The van der Waals surface area contributed by atoms with Crippen LogP contribution < -0.4 is 5.32 Å². The highest BCUT2D eigenvalue weighted by Gasteiger charge is 2.30. The van der Waals surface area contributed by atoms with Gasteiger partial charge >= 0.3 is 6.03 Å². The first-order valence-corrected chi connectivity index (χ1v) is 8.38. The molecule has 1 aliphatic heterocycles. The Labute approximate surface area is 151 Å². The van der Waals surface area contributed by atoms with Crippen LogP contribution in [0.5, 0.6) is 0 Å². The molecule has 1 fully saturated rings. The average Bonchev–Trinajstić information content (AvgIpc) is 2.60.